The van der Waals surface area contributed by atoms with E-state index in [9.17, 15) is 21.6 Å². The van der Waals surface area contributed by atoms with E-state index in [2.05, 4.69) is 21.2 Å². The van der Waals surface area contributed by atoms with Gasteiger partial charge in [0.1, 0.15) is 17.2 Å². The van der Waals surface area contributed by atoms with E-state index in [1.54, 1.807) is 0 Å². The van der Waals surface area contributed by atoms with Gasteiger partial charge in [-0.05, 0) is 15.9 Å². The molecule has 2 N–H and O–H groups in total. The maximum atomic E-state index is 12.0. The Morgan fingerprint density at radius 3 is 2.50 bits per heavy atom. The van der Waals surface area contributed by atoms with Gasteiger partial charge in [0.25, 0.3) is 0 Å². The fourth-order valence-corrected chi connectivity index (χ4v) is 3.24. The standard InChI is InChI=1S/C10H14BrF3N2O3S/c1-6(2)15-4-7-3-8(9(11)19-7)20(17,18)16-5-10(12,13)14/h3,6,15-16H,4-5H2,1-2H3. The average molecular weight is 379 g/mol. The molecule has 0 amide bonds. The molecule has 0 aliphatic rings. The van der Waals surface area contributed by atoms with Crippen LogP contribution in [0.1, 0.15) is 19.6 Å². The summed E-state index contributed by atoms with van der Waals surface area (Å²) in [6.07, 6.45) is -4.62. The van der Waals surface area contributed by atoms with Gasteiger partial charge < -0.3 is 9.73 Å². The van der Waals surface area contributed by atoms with E-state index >= 15 is 0 Å². The molecular weight excluding hydrogens is 365 g/mol. The summed E-state index contributed by atoms with van der Waals surface area (Å²) in [5.74, 6) is 0.304. The van der Waals surface area contributed by atoms with Gasteiger partial charge in [-0.3, -0.25) is 0 Å². The first-order chi connectivity index (χ1) is 9.01. The number of sulfonamides is 1. The molecule has 0 bridgehead atoms. The van der Waals surface area contributed by atoms with Gasteiger partial charge >= 0.3 is 6.18 Å². The summed E-state index contributed by atoms with van der Waals surface area (Å²) in [4.78, 5) is -0.359. The smallest absolute Gasteiger partial charge is 0.402 e. The number of hydrogen-bond donors (Lipinski definition) is 2. The molecule has 5 nitrogen and oxygen atoms in total. The Kier molecular flexibility index (Phi) is 5.64. The molecular formula is C10H14BrF3N2O3S. The molecule has 1 aromatic heterocycles. The molecule has 0 saturated heterocycles. The molecule has 0 aliphatic heterocycles. The van der Waals surface area contributed by atoms with Crippen LogP contribution < -0.4 is 10.0 Å². The highest BCUT2D eigenvalue weighted by molar-refractivity contribution is 9.10. The van der Waals surface area contributed by atoms with Crippen molar-refractivity contribution >= 4 is 26.0 Å². The van der Waals surface area contributed by atoms with Crippen molar-refractivity contribution in [3.05, 3.63) is 16.5 Å². The van der Waals surface area contributed by atoms with Gasteiger partial charge in [0.15, 0.2) is 4.67 Å². The predicted molar refractivity (Wildman–Crippen MR) is 69.6 cm³/mol. The van der Waals surface area contributed by atoms with Crippen LogP contribution in [0.3, 0.4) is 0 Å². The number of nitrogens with one attached hydrogen (secondary N) is 2. The Balaban J connectivity index is 2.85. The number of halogens is 4. The van der Waals surface area contributed by atoms with Crippen molar-refractivity contribution in [3.8, 4) is 0 Å². The first kappa shape index (κ1) is 17.5. The molecule has 116 valence electrons. The highest BCUT2D eigenvalue weighted by Gasteiger charge is 2.31. The molecule has 0 radical (unpaired) electrons. The third-order valence-electron chi connectivity index (χ3n) is 2.14. The minimum Gasteiger partial charge on any atom is -0.452 e. The van der Waals surface area contributed by atoms with Crippen molar-refractivity contribution in [1.82, 2.24) is 10.0 Å². The van der Waals surface area contributed by atoms with E-state index in [0.29, 0.717) is 5.76 Å². The maximum Gasteiger partial charge on any atom is 0.402 e. The summed E-state index contributed by atoms with van der Waals surface area (Å²) in [6.45, 7) is 2.42. The number of furan rings is 1. The largest absolute Gasteiger partial charge is 0.452 e. The lowest BCUT2D eigenvalue weighted by Gasteiger charge is -2.07. The monoisotopic (exact) mass is 378 g/mol. The van der Waals surface area contributed by atoms with Gasteiger partial charge in [0.05, 0.1) is 6.54 Å². The van der Waals surface area contributed by atoms with Crippen LogP contribution >= 0.6 is 15.9 Å². The van der Waals surface area contributed by atoms with Crippen LogP contribution in [0.15, 0.2) is 20.0 Å². The molecule has 0 aromatic carbocycles. The number of alkyl halides is 3. The molecule has 0 aliphatic carbocycles. The van der Waals surface area contributed by atoms with E-state index in [-0.39, 0.29) is 22.2 Å². The first-order valence-electron chi connectivity index (χ1n) is 5.59. The lowest BCUT2D eigenvalue weighted by atomic mass is 10.3. The van der Waals surface area contributed by atoms with Crippen LogP contribution in [0.4, 0.5) is 13.2 Å². The summed E-state index contributed by atoms with van der Waals surface area (Å²) in [5, 5.41) is 3.00. The van der Waals surface area contributed by atoms with Crippen LogP contribution in [-0.2, 0) is 16.6 Å². The van der Waals surface area contributed by atoms with E-state index in [1.165, 1.54) is 10.8 Å². The van der Waals surface area contributed by atoms with Gasteiger partial charge in [-0.15, -0.1) is 0 Å². The summed E-state index contributed by atoms with van der Waals surface area (Å²) in [7, 11) is -4.28. The summed E-state index contributed by atoms with van der Waals surface area (Å²) in [5.41, 5.74) is 0. The second-order valence-electron chi connectivity index (χ2n) is 4.33. The molecule has 0 unspecified atom stereocenters. The lowest BCUT2D eigenvalue weighted by Crippen LogP contribution is -2.33. The van der Waals surface area contributed by atoms with Crippen molar-refractivity contribution in [3.63, 3.8) is 0 Å². The summed E-state index contributed by atoms with van der Waals surface area (Å²) >= 11 is 2.89. The Bertz CT molecular complexity index is 555. The van der Waals surface area contributed by atoms with Gasteiger partial charge in [0, 0.05) is 12.1 Å². The van der Waals surface area contributed by atoms with E-state index in [0.717, 1.165) is 0 Å². The second kappa shape index (κ2) is 6.46. The summed E-state index contributed by atoms with van der Waals surface area (Å²) in [6, 6.07) is 1.33. The zero-order chi connectivity index (χ0) is 15.6. The zero-order valence-corrected chi connectivity index (χ0v) is 13.1. The Morgan fingerprint density at radius 1 is 1.40 bits per heavy atom. The van der Waals surface area contributed by atoms with E-state index in [4.69, 9.17) is 4.42 Å². The van der Waals surface area contributed by atoms with Crippen LogP contribution in [0, 0.1) is 0 Å². The first-order valence-corrected chi connectivity index (χ1v) is 7.87. The molecule has 0 saturated carbocycles. The van der Waals surface area contributed by atoms with E-state index in [1.807, 2.05) is 13.8 Å². The molecule has 20 heavy (non-hydrogen) atoms. The van der Waals surface area contributed by atoms with Gasteiger partial charge in [0.2, 0.25) is 10.0 Å². The normalized spacial score (nSPS) is 13.2. The highest BCUT2D eigenvalue weighted by Crippen LogP contribution is 2.26. The molecule has 1 rings (SSSR count). The van der Waals surface area contributed by atoms with Crippen molar-refractivity contribution in [2.75, 3.05) is 6.54 Å². The van der Waals surface area contributed by atoms with Gasteiger partial charge in [-0.1, -0.05) is 13.8 Å². The quantitative estimate of drug-likeness (QED) is 0.796. The average Bonchev–Trinajstić information content (AvgIpc) is 2.65. The fourth-order valence-electron chi connectivity index (χ4n) is 1.23. The van der Waals surface area contributed by atoms with Crippen molar-refractivity contribution in [1.29, 1.82) is 0 Å². The number of rotatable bonds is 6. The molecule has 0 spiro atoms. The van der Waals surface area contributed by atoms with Crippen LogP contribution in [0.2, 0.25) is 0 Å². The number of hydrogen-bond acceptors (Lipinski definition) is 4. The van der Waals surface area contributed by atoms with Gasteiger partial charge in [-0.25, -0.2) is 13.1 Å². The minimum absolute atomic E-state index is 0.132. The minimum atomic E-state index is -4.62. The van der Waals surface area contributed by atoms with Gasteiger partial charge in [-0.2, -0.15) is 13.2 Å². The maximum absolute atomic E-state index is 12.0. The molecule has 0 atom stereocenters. The van der Waals surface area contributed by atoms with Crippen molar-refractivity contribution in [2.45, 2.75) is 37.5 Å². The molecule has 10 heteroatoms. The Labute approximate surface area is 123 Å². The molecule has 1 heterocycles. The topological polar surface area (TPSA) is 71.3 Å². The zero-order valence-electron chi connectivity index (χ0n) is 10.7. The predicted octanol–water partition coefficient (Wildman–Crippen LogP) is 2.38. The molecule has 0 fully saturated rings. The Morgan fingerprint density at radius 2 is 2.00 bits per heavy atom. The van der Waals surface area contributed by atoms with E-state index < -0.39 is 22.7 Å². The summed E-state index contributed by atoms with van der Waals surface area (Å²) < 4.78 is 66.1. The molecule has 1 aromatic rings. The second-order valence-corrected chi connectivity index (χ2v) is 6.78. The van der Waals surface area contributed by atoms with Crippen LogP contribution in [0.25, 0.3) is 0 Å². The van der Waals surface area contributed by atoms with Crippen LogP contribution in [0.5, 0.6) is 0 Å². The van der Waals surface area contributed by atoms with Crippen molar-refractivity contribution < 1.29 is 26.0 Å². The lowest BCUT2D eigenvalue weighted by molar-refractivity contribution is -0.121. The highest BCUT2D eigenvalue weighted by atomic mass is 79.9. The fraction of sp³-hybridized carbons (Fsp3) is 0.600. The van der Waals surface area contributed by atoms with Crippen LogP contribution in [-0.4, -0.2) is 27.2 Å². The Hall–Kier alpha value is -0.580. The third kappa shape index (κ3) is 5.43. The van der Waals surface area contributed by atoms with Crippen molar-refractivity contribution in [2.24, 2.45) is 0 Å². The SMILES string of the molecule is CC(C)NCc1cc(S(=O)(=O)NCC(F)(F)F)c(Br)o1. The third-order valence-corrected chi connectivity index (χ3v) is 4.40.